The van der Waals surface area contributed by atoms with Gasteiger partial charge in [-0.3, -0.25) is 0 Å². The molecule has 120 valence electrons. The molecule has 0 unspecified atom stereocenters. The van der Waals surface area contributed by atoms with Crippen molar-refractivity contribution in [1.29, 1.82) is 0 Å². The quantitative estimate of drug-likeness (QED) is 0.703. The van der Waals surface area contributed by atoms with Gasteiger partial charge in [0.2, 0.25) is 0 Å². The number of benzene rings is 1. The van der Waals surface area contributed by atoms with Crippen molar-refractivity contribution in [3.8, 4) is 11.5 Å². The van der Waals surface area contributed by atoms with E-state index in [1.165, 1.54) is 32.1 Å². The Morgan fingerprint density at radius 1 is 1.32 bits per heavy atom. The Labute approximate surface area is 134 Å². The fourth-order valence-corrected chi connectivity index (χ4v) is 3.09. The van der Waals surface area contributed by atoms with E-state index >= 15 is 0 Å². The van der Waals surface area contributed by atoms with Crippen molar-refractivity contribution in [3.63, 3.8) is 0 Å². The Bertz CT molecular complexity index is 537. The molecule has 0 aromatic heterocycles. The molecule has 0 saturated heterocycles. The third-order valence-corrected chi connectivity index (χ3v) is 4.44. The summed E-state index contributed by atoms with van der Waals surface area (Å²) in [6.45, 7) is 5.93. The first-order chi connectivity index (χ1) is 10.6. The fourth-order valence-electron chi connectivity index (χ4n) is 3.09. The first kappa shape index (κ1) is 16.7. The minimum absolute atomic E-state index is 0.323. The van der Waals surface area contributed by atoms with Crippen LogP contribution in [0.5, 0.6) is 11.5 Å². The van der Waals surface area contributed by atoms with Crippen LogP contribution < -0.4 is 4.74 Å². The fraction of sp³-hybridized carbons (Fsp3) is 0.500. The van der Waals surface area contributed by atoms with Gasteiger partial charge in [0, 0.05) is 5.56 Å². The third-order valence-electron chi connectivity index (χ3n) is 4.44. The molecule has 1 aromatic carbocycles. The van der Waals surface area contributed by atoms with Crippen molar-refractivity contribution in [3.05, 3.63) is 41.5 Å². The van der Waals surface area contributed by atoms with E-state index in [4.69, 9.17) is 4.74 Å². The maximum Gasteiger partial charge on any atom is 0.126 e. The van der Waals surface area contributed by atoms with Crippen LogP contribution in [0.2, 0.25) is 0 Å². The number of hydrogen-bond donors (Lipinski definition) is 1. The maximum absolute atomic E-state index is 10.3. The van der Waals surface area contributed by atoms with Crippen molar-refractivity contribution in [2.45, 2.75) is 51.9 Å². The van der Waals surface area contributed by atoms with Crippen LogP contribution in [-0.4, -0.2) is 12.2 Å². The monoisotopic (exact) mass is 300 g/mol. The molecule has 2 heteroatoms. The van der Waals surface area contributed by atoms with Gasteiger partial charge >= 0.3 is 0 Å². The second kappa shape index (κ2) is 8.07. The third kappa shape index (κ3) is 4.66. The number of ether oxygens (including phenoxy) is 1. The average Bonchev–Trinajstić information content (AvgIpc) is 2.52. The average molecular weight is 300 g/mol. The van der Waals surface area contributed by atoms with E-state index in [1.807, 2.05) is 19.1 Å². The number of aromatic hydroxyl groups is 1. The summed E-state index contributed by atoms with van der Waals surface area (Å²) in [4.78, 5) is 0. The Balaban J connectivity index is 2.14. The van der Waals surface area contributed by atoms with Crippen molar-refractivity contribution in [2.75, 3.05) is 7.11 Å². The zero-order chi connectivity index (χ0) is 15.9. The van der Waals surface area contributed by atoms with Gasteiger partial charge in [0.1, 0.15) is 11.5 Å². The molecule has 2 nitrogen and oxygen atoms in total. The topological polar surface area (TPSA) is 29.5 Å². The van der Waals surface area contributed by atoms with Crippen molar-refractivity contribution < 1.29 is 9.84 Å². The predicted octanol–water partition coefficient (Wildman–Crippen LogP) is 5.50. The van der Waals surface area contributed by atoms with Crippen LogP contribution in [0.3, 0.4) is 0 Å². The highest BCUT2D eigenvalue weighted by atomic mass is 16.5. The van der Waals surface area contributed by atoms with E-state index < -0.39 is 0 Å². The summed E-state index contributed by atoms with van der Waals surface area (Å²) >= 11 is 0. The summed E-state index contributed by atoms with van der Waals surface area (Å²) in [5.74, 6) is 1.78. The highest BCUT2D eigenvalue weighted by Crippen LogP contribution is 2.33. The number of phenolic OH excluding ortho intramolecular Hbond substituents is 1. The van der Waals surface area contributed by atoms with E-state index in [0.29, 0.717) is 11.7 Å². The van der Waals surface area contributed by atoms with E-state index in [9.17, 15) is 5.11 Å². The van der Waals surface area contributed by atoms with E-state index in [1.54, 1.807) is 7.11 Å². The highest BCUT2D eigenvalue weighted by Gasteiger charge is 2.12. The van der Waals surface area contributed by atoms with Gasteiger partial charge in [0.05, 0.1) is 7.11 Å². The van der Waals surface area contributed by atoms with Gasteiger partial charge in [-0.1, -0.05) is 37.0 Å². The summed E-state index contributed by atoms with van der Waals surface area (Å²) in [5, 5.41) is 10.3. The first-order valence-electron chi connectivity index (χ1n) is 8.32. The Hall–Kier alpha value is -1.70. The SMILES string of the molecule is C=C(C)CCc1c(O)cc(/C=C/C2CCCCC2)cc1OC. The summed E-state index contributed by atoms with van der Waals surface area (Å²) < 4.78 is 5.47. The van der Waals surface area contributed by atoms with Crippen LogP contribution >= 0.6 is 0 Å². The lowest BCUT2D eigenvalue weighted by molar-refractivity contribution is 0.399. The number of methoxy groups -OCH3 is 1. The zero-order valence-corrected chi connectivity index (χ0v) is 13.9. The smallest absolute Gasteiger partial charge is 0.126 e. The molecule has 0 spiro atoms. The van der Waals surface area contributed by atoms with Crippen LogP contribution in [0.1, 0.15) is 56.6 Å². The molecule has 1 fully saturated rings. The van der Waals surface area contributed by atoms with Crippen LogP contribution in [0.15, 0.2) is 30.4 Å². The van der Waals surface area contributed by atoms with E-state index in [-0.39, 0.29) is 0 Å². The summed E-state index contributed by atoms with van der Waals surface area (Å²) in [5.41, 5.74) is 3.00. The molecule has 1 aliphatic carbocycles. The first-order valence-corrected chi connectivity index (χ1v) is 8.32. The molecule has 1 N–H and O–H groups in total. The molecular weight excluding hydrogens is 272 g/mol. The van der Waals surface area contributed by atoms with Gasteiger partial charge in [0.25, 0.3) is 0 Å². The largest absolute Gasteiger partial charge is 0.508 e. The lowest BCUT2D eigenvalue weighted by Gasteiger charge is -2.18. The van der Waals surface area contributed by atoms with Crippen molar-refractivity contribution in [2.24, 2.45) is 5.92 Å². The van der Waals surface area contributed by atoms with Gasteiger partial charge in [-0.05, 0) is 56.2 Å². The second-order valence-corrected chi connectivity index (χ2v) is 6.44. The maximum atomic E-state index is 10.3. The normalized spacial score (nSPS) is 16.1. The summed E-state index contributed by atoms with van der Waals surface area (Å²) in [6.07, 6.45) is 12.7. The molecule has 1 aromatic rings. The van der Waals surface area contributed by atoms with Gasteiger partial charge in [-0.15, -0.1) is 6.58 Å². The Morgan fingerprint density at radius 3 is 2.68 bits per heavy atom. The molecule has 22 heavy (non-hydrogen) atoms. The molecule has 0 bridgehead atoms. The molecule has 0 radical (unpaired) electrons. The van der Waals surface area contributed by atoms with E-state index in [0.717, 1.165) is 35.3 Å². The van der Waals surface area contributed by atoms with Crippen molar-refractivity contribution in [1.82, 2.24) is 0 Å². The summed E-state index contributed by atoms with van der Waals surface area (Å²) in [7, 11) is 1.66. The molecule has 1 saturated carbocycles. The molecule has 0 heterocycles. The lowest BCUT2D eigenvalue weighted by atomic mass is 9.88. The predicted molar refractivity (Wildman–Crippen MR) is 93.4 cm³/mol. The number of phenols is 1. The van der Waals surface area contributed by atoms with Crippen LogP contribution in [0.25, 0.3) is 6.08 Å². The van der Waals surface area contributed by atoms with Gasteiger partial charge in [-0.25, -0.2) is 0 Å². The number of allylic oxidation sites excluding steroid dienone is 2. The van der Waals surface area contributed by atoms with E-state index in [2.05, 4.69) is 18.7 Å². The Kier molecular flexibility index (Phi) is 6.11. The van der Waals surface area contributed by atoms with Gasteiger partial charge in [-0.2, -0.15) is 0 Å². The Morgan fingerprint density at radius 2 is 2.05 bits per heavy atom. The minimum atomic E-state index is 0.323. The summed E-state index contributed by atoms with van der Waals surface area (Å²) in [6, 6.07) is 3.86. The molecule has 1 aliphatic rings. The van der Waals surface area contributed by atoms with Crippen LogP contribution in [0, 0.1) is 5.92 Å². The minimum Gasteiger partial charge on any atom is -0.508 e. The lowest BCUT2D eigenvalue weighted by Crippen LogP contribution is -2.02. The van der Waals surface area contributed by atoms with Crippen LogP contribution in [0.4, 0.5) is 0 Å². The molecule has 0 aliphatic heterocycles. The van der Waals surface area contributed by atoms with Gasteiger partial charge < -0.3 is 9.84 Å². The van der Waals surface area contributed by atoms with Crippen molar-refractivity contribution >= 4 is 6.08 Å². The standard InChI is InChI=1S/C20H28O2/c1-15(2)9-12-18-19(21)13-17(14-20(18)22-3)11-10-16-7-5-4-6-8-16/h10-11,13-14,16,21H,1,4-9,12H2,2-3H3/b11-10+. The number of hydrogen-bond acceptors (Lipinski definition) is 2. The second-order valence-electron chi connectivity index (χ2n) is 6.44. The number of rotatable bonds is 6. The van der Waals surface area contributed by atoms with Gasteiger partial charge in [0.15, 0.2) is 0 Å². The molecule has 2 rings (SSSR count). The molecule has 0 amide bonds. The molecule has 0 atom stereocenters. The zero-order valence-electron chi connectivity index (χ0n) is 13.9. The highest BCUT2D eigenvalue weighted by molar-refractivity contribution is 5.59. The van der Waals surface area contributed by atoms with Crippen LogP contribution in [-0.2, 0) is 6.42 Å². The molecular formula is C20H28O2.